The molecule has 4 nitrogen and oxygen atoms in total. The molecule has 22 heavy (non-hydrogen) atoms. The second kappa shape index (κ2) is 7.50. The quantitative estimate of drug-likeness (QED) is 0.800. The molecule has 0 fully saturated rings. The predicted molar refractivity (Wildman–Crippen MR) is 90.0 cm³/mol. The summed E-state index contributed by atoms with van der Waals surface area (Å²) >= 11 is 0. The van der Waals surface area contributed by atoms with Crippen LogP contribution in [-0.4, -0.2) is 12.0 Å². The summed E-state index contributed by atoms with van der Waals surface area (Å²) in [5.41, 5.74) is 8.22. The van der Waals surface area contributed by atoms with Gasteiger partial charge in [-0.1, -0.05) is 18.2 Å². The van der Waals surface area contributed by atoms with Gasteiger partial charge in [-0.25, -0.2) is 0 Å². The van der Waals surface area contributed by atoms with Gasteiger partial charge in [0.05, 0.1) is 6.10 Å². The number of carbonyl (C=O) groups is 1. The minimum absolute atomic E-state index is 0.0153. The maximum absolute atomic E-state index is 12.0. The first-order valence-electron chi connectivity index (χ1n) is 7.44. The highest BCUT2D eigenvalue weighted by atomic mass is 16.5. The summed E-state index contributed by atoms with van der Waals surface area (Å²) in [6.45, 7) is 3.94. The van der Waals surface area contributed by atoms with E-state index in [-0.39, 0.29) is 12.0 Å². The van der Waals surface area contributed by atoms with E-state index in [1.165, 1.54) is 0 Å². The highest BCUT2D eigenvalue weighted by Gasteiger charge is 2.05. The molecule has 116 valence electrons. The van der Waals surface area contributed by atoms with E-state index in [0.29, 0.717) is 12.8 Å². The molecule has 0 aliphatic heterocycles. The van der Waals surface area contributed by atoms with Crippen LogP contribution in [0.25, 0.3) is 0 Å². The van der Waals surface area contributed by atoms with Crippen molar-refractivity contribution in [3.8, 4) is 5.75 Å². The summed E-state index contributed by atoms with van der Waals surface area (Å²) in [5, 5.41) is 2.89. The van der Waals surface area contributed by atoms with Gasteiger partial charge in [-0.3, -0.25) is 4.79 Å². The molecule has 0 saturated carbocycles. The number of hydrogen-bond acceptors (Lipinski definition) is 3. The summed E-state index contributed by atoms with van der Waals surface area (Å²) in [6.07, 6.45) is 1.23. The number of ether oxygens (including phenoxy) is 1. The van der Waals surface area contributed by atoms with Crippen molar-refractivity contribution in [1.82, 2.24) is 0 Å². The van der Waals surface area contributed by atoms with Crippen molar-refractivity contribution in [2.75, 3.05) is 11.1 Å². The largest absolute Gasteiger partial charge is 0.491 e. The minimum atomic E-state index is -0.0153. The topological polar surface area (TPSA) is 64.3 Å². The zero-order chi connectivity index (χ0) is 15.9. The van der Waals surface area contributed by atoms with E-state index < -0.39 is 0 Å². The molecule has 3 N–H and O–H groups in total. The number of nitrogens with one attached hydrogen (secondary N) is 1. The predicted octanol–water partition coefficient (Wildman–Crippen LogP) is 3.63. The molecule has 0 aromatic heterocycles. The van der Waals surface area contributed by atoms with Gasteiger partial charge < -0.3 is 15.8 Å². The van der Waals surface area contributed by atoms with Crippen molar-refractivity contribution in [3.05, 3.63) is 54.1 Å². The van der Waals surface area contributed by atoms with Crippen LogP contribution in [-0.2, 0) is 11.2 Å². The van der Waals surface area contributed by atoms with Crippen LogP contribution in [0.2, 0.25) is 0 Å². The van der Waals surface area contributed by atoms with Gasteiger partial charge in [-0.05, 0) is 50.1 Å². The van der Waals surface area contributed by atoms with Crippen molar-refractivity contribution in [2.45, 2.75) is 32.8 Å². The first-order chi connectivity index (χ1) is 10.5. The summed E-state index contributed by atoms with van der Waals surface area (Å²) in [6, 6.07) is 15.0. The molecule has 2 aromatic carbocycles. The average Bonchev–Trinajstić information content (AvgIpc) is 2.46. The third-order valence-electron chi connectivity index (χ3n) is 3.11. The Hall–Kier alpha value is -2.49. The van der Waals surface area contributed by atoms with E-state index in [0.717, 1.165) is 22.7 Å². The van der Waals surface area contributed by atoms with E-state index >= 15 is 0 Å². The van der Waals surface area contributed by atoms with Crippen molar-refractivity contribution in [2.24, 2.45) is 0 Å². The van der Waals surface area contributed by atoms with Crippen molar-refractivity contribution >= 4 is 17.3 Å². The molecule has 0 aliphatic carbocycles. The first kappa shape index (κ1) is 15.9. The standard InChI is InChI=1S/C18H22N2O2/c1-13(2)22-17-5-3-4-16(12-17)20-18(21)11-8-14-6-9-15(19)10-7-14/h3-7,9-10,12-13H,8,11,19H2,1-2H3,(H,20,21). The number of hydrogen-bond donors (Lipinski definition) is 2. The molecule has 0 bridgehead atoms. The van der Waals surface area contributed by atoms with E-state index in [1.54, 1.807) is 0 Å². The molecular weight excluding hydrogens is 276 g/mol. The summed E-state index contributed by atoms with van der Waals surface area (Å²) in [5.74, 6) is 0.741. The van der Waals surface area contributed by atoms with Gasteiger partial charge in [0.2, 0.25) is 5.91 Å². The van der Waals surface area contributed by atoms with Crippen molar-refractivity contribution < 1.29 is 9.53 Å². The van der Waals surface area contributed by atoms with Crippen LogP contribution in [0.4, 0.5) is 11.4 Å². The lowest BCUT2D eigenvalue weighted by Gasteiger charge is -2.11. The molecule has 0 atom stereocenters. The summed E-state index contributed by atoms with van der Waals surface area (Å²) in [7, 11) is 0. The van der Waals surface area contributed by atoms with Gasteiger partial charge in [0, 0.05) is 23.9 Å². The monoisotopic (exact) mass is 298 g/mol. The molecule has 2 rings (SSSR count). The summed E-state index contributed by atoms with van der Waals surface area (Å²) < 4.78 is 5.61. The highest BCUT2D eigenvalue weighted by Crippen LogP contribution is 2.19. The molecule has 0 saturated heterocycles. The van der Waals surface area contributed by atoms with E-state index in [1.807, 2.05) is 62.4 Å². The Morgan fingerprint density at radius 3 is 2.59 bits per heavy atom. The van der Waals surface area contributed by atoms with E-state index in [9.17, 15) is 4.79 Å². The van der Waals surface area contributed by atoms with Crippen LogP contribution in [0.3, 0.4) is 0 Å². The number of nitrogens with two attached hydrogens (primary N) is 1. The number of benzene rings is 2. The Bertz CT molecular complexity index is 621. The Labute approximate surface area is 131 Å². The number of rotatable bonds is 6. The van der Waals surface area contributed by atoms with Gasteiger partial charge in [0.25, 0.3) is 0 Å². The van der Waals surface area contributed by atoms with Crippen LogP contribution in [0, 0.1) is 0 Å². The van der Waals surface area contributed by atoms with Crippen LogP contribution >= 0.6 is 0 Å². The molecule has 0 heterocycles. The molecule has 0 spiro atoms. The second-order valence-electron chi connectivity index (χ2n) is 5.48. The lowest BCUT2D eigenvalue weighted by Crippen LogP contribution is -2.12. The Kier molecular flexibility index (Phi) is 5.42. The molecule has 4 heteroatoms. The number of aryl methyl sites for hydroxylation is 1. The molecule has 0 radical (unpaired) electrons. The fourth-order valence-electron chi connectivity index (χ4n) is 2.08. The number of anilines is 2. The first-order valence-corrected chi connectivity index (χ1v) is 7.44. The normalized spacial score (nSPS) is 10.5. The highest BCUT2D eigenvalue weighted by molar-refractivity contribution is 5.91. The van der Waals surface area contributed by atoms with Crippen LogP contribution in [0.5, 0.6) is 5.75 Å². The average molecular weight is 298 g/mol. The van der Waals surface area contributed by atoms with E-state index in [4.69, 9.17) is 10.5 Å². The van der Waals surface area contributed by atoms with Crippen LogP contribution in [0.15, 0.2) is 48.5 Å². The zero-order valence-electron chi connectivity index (χ0n) is 13.0. The fourth-order valence-corrected chi connectivity index (χ4v) is 2.08. The van der Waals surface area contributed by atoms with Crippen molar-refractivity contribution in [3.63, 3.8) is 0 Å². The van der Waals surface area contributed by atoms with Gasteiger partial charge in [0.15, 0.2) is 0 Å². The third-order valence-corrected chi connectivity index (χ3v) is 3.11. The lowest BCUT2D eigenvalue weighted by atomic mass is 10.1. The lowest BCUT2D eigenvalue weighted by molar-refractivity contribution is -0.116. The Balaban J connectivity index is 1.87. The van der Waals surface area contributed by atoms with Crippen molar-refractivity contribution in [1.29, 1.82) is 0 Å². The fraction of sp³-hybridized carbons (Fsp3) is 0.278. The Morgan fingerprint density at radius 1 is 1.18 bits per heavy atom. The maximum Gasteiger partial charge on any atom is 0.224 e. The SMILES string of the molecule is CC(C)Oc1cccc(NC(=O)CCc2ccc(N)cc2)c1. The van der Waals surface area contributed by atoms with Gasteiger partial charge >= 0.3 is 0 Å². The minimum Gasteiger partial charge on any atom is -0.491 e. The molecule has 2 aromatic rings. The Morgan fingerprint density at radius 2 is 1.91 bits per heavy atom. The van der Waals surface area contributed by atoms with Gasteiger partial charge in [0.1, 0.15) is 5.75 Å². The second-order valence-corrected chi connectivity index (χ2v) is 5.48. The third kappa shape index (κ3) is 5.13. The molecular formula is C18H22N2O2. The number of carbonyl (C=O) groups excluding carboxylic acids is 1. The smallest absolute Gasteiger partial charge is 0.224 e. The van der Waals surface area contributed by atoms with E-state index in [2.05, 4.69) is 5.32 Å². The van der Waals surface area contributed by atoms with Crippen LogP contribution in [0.1, 0.15) is 25.8 Å². The molecule has 1 amide bonds. The van der Waals surface area contributed by atoms with Gasteiger partial charge in [-0.2, -0.15) is 0 Å². The number of amides is 1. The molecule has 0 aliphatic rings. The van der Waals surface area contributed by atoms with Crippen LogP contribution < -0.4 is 15.8 Å². The number of nitrogen functional groups attached to an aromatic ring is 1. The maximum atomic E-state index is 12.0. The molecule has 0 unspecified atom stereocenters. The zero-order valence-corrected chi connectivity index (χ0v) is 13.0. The summed E-state index contributed by atoms with van der Waals surface area (Å²) in [4.78, 5) is 12.0. The van der Waals surface area contributed by atoms with Gasteiger partial charge in [-0.15, -0.1) is 0 Å².